The van der Waals surface area contributed by atoms with E-state index in [9.17, 15) is 9.59 Å². The molecule has 4 aliphatic rings. The molecular weight excluding hydrogens is 244 g/mol. The normalized spacial score (nSPS) is 47.7. The molecule has 0 aromatic rings. The highest BCUT2D eigenvalue weighted by atomic mass is 16.6. The first-order chi connectivity index (χ1) is 9.03. The molecule has 5 atom stereocenters. The third-order valence-electron chi connectivity index (χ3n) is 5.88. The summed E-state index contributed by atoms with van der Waals surface area (Å²) in [5.74, 6) is 0.127. The molecule has 0 amide bonds. The number of hydrogen-bond donors (Lipinski definition) is 0. The second-order valence-corrected chi connectivity index (χ2v) is 6.57. The molecule has 2 aliphatic carbocycles. The lowest BCUT2D eigenvalue weighted by atomic mass is 9.54. The van der Waals surface area contributed by atoms with Gasteiger partial charge in [-0.25, -0.2) is 4.79 Å². The molecule has 1 saturated heterocycles. The second-order valence-electron chi connectivity index (χ2n) is 6.57. The van der Waals surface area contributed by atoms with Gasteiger partial charge >= 0.3 is 11.9 Å². The summed E-state index contributed by atoms with van der Waals surface area (Å²) in [7, 11) is 0. The summed E-state index contributed by atoms with van der Waals surface area (Å²) in [4.78, 5) is 23.9. The van der Waals surface area contributed by atoms with Gasteiger partial charge in [0, 0.05) is 16.6 Å². The van der Waals surface area contributed by atoms with Crippen molar-refractivity contribution in [2.45, 2.75) is 51.7 Å². The van der Waals surface area contributed by atoms with Crippen molar-refractivity contribution in [2.75, 3.05) is 0 Å². The molecule has 102 valence electrons. The van der Waals surface area contributed by atoms with Crippen LogP contribution >= 0.6 is 0 Å². The first kappa shape index (κ1) is 11.5. The molecule has 4 rings (SSSR count). The van der Waals surface area contributed by atoms with Crippen LogP contribution in [0.15, 0.2) is 11.1 Å². The number of carbonyl (C=O) groups excluding carboxylic acids is 2. The Morgan fingerprint density at radius 3 is 2.79 bits per heavy atom. The molecule has 19 heavy (non-hydrogen) atoms. The topological polar surface area (TPSA) is 52.6 Å². The van der Waals surface area contributed by atoms with Gasteiger partial charge in [0.2, 0.25) is 0 Å². The maximum Gasteiger partial charge on any atom is 0.334 e. The number of esters is 2. The van der Waals surface area contributed by atoms with Gasteiger partial charge in [-0.1, -0.05) is 13.3 Å². The van der Waals surface area contributed by atoms with Gasteiger partial charge in [0.25, 0.3) is 0 Å². The van der Waals surface area contributed by atoms with E-state index in [1.807, 2.05) is 0 Å². The fourth-order valence-electron chi connectivity index (χ4n) is 4.78. The molecule has 0 bridgehead atoms. The van der Waals surface area contributed by atoms with Crippen molar-refractivity contribution in [1.82, 2.24) is 0 Å². The summed E-state index contributed by atoms with van der Waals surface area (Å²) in [6, 6.07) is 0. The van der Waals surface area contributed by atoms with Gasteiger partial charge in [-0.2, -0.15) is 0 Å². The minimum Gasteiger partial charge on any atom is -0.457 e. The Balaban J connectivity index is 1.87. The Bertz CT molecular complexity index is 520. The van der Waals surface area contributed by atoms with Gasteiger partial charge in [-0.05, 0) is 32.1 Å². The molecule has 4 nitrogen and oxygen atoms in total. The first-order valence-corrected chi connectivity index (χ1v) is 7.15. The van der Waals surface area contributed by atoms with Crippen LogP contribution in [-0.2, 0) is 19.1 Å². The Labute approximate surface area is 112 Å². The van der Waals surface area contributed by atoms with Crippen LogP contribution in [0.25, 0.3) is 0 Å². The van der Waals surface area contributed by atoms with E-state index in [-0.39, 0.29) is 35.5 Å². The Kier molecular flexibility index (Phi) is 2.06. The number of ether oxygens (including phenoxy) is 2. The minimum absolute atomic E-state index is 0.00759. The van der Waals surface area contributed by atoms with Crippen molar-refractivity contribution in [3.8, 4) is 0 Å². The molecule has 3 fully saturated rings. The summed E-state index contributed by atoms with van der Waals surface area (Å²) in [6.45, 7) is 3.97. The average Bonchev–Trinajstić information content (AvgIpc) is 2.78. The number of hydrogen-bond acceptors (Lipinski definition) is 4. The highest BCUT2D eigenvalue weighted by molar-refractivity contribution is 5.92. The average molecular weight is 262 g/mol. The van der Waals surface area contributed by atoms with Crippen LogP contribution in [0.1, 0.15) is 39.5 Å². The molecular formula is C15H18O4. The lowest BCUT2D eigenvalue weighted by Gasteiger charge is -2.48. The van der Waals surface area contributed by atoms with Crippen LogP contribution in [0.5, 0.6) is 0 Å². The summed E-state index contributed by atoms with van der Waals surface area (Å²) >= 11 is 0. The Hall–Kier alpha value is -1.32. The summed E-state index contributed by atoms with van der Waals surface area (Å²) in [5, 5.41) is 0. The van der Waals surface area contributed by atoms with Crippen LogP contribution < -0.4 is 0 Å². The summed E-state index contributed by atoms with van der Waals surface area (Å²) in [6.07, 6.45) is 3.58. The molecule has 4 heteroatoms. The molecule has 2 heterocycles. The maximum atomic E-state index is 12.2. The van der Waals surface area contributed by atoms with E-state index in [1.165, 1.54) is 0 Å². The van der Waals surface area contributed by atoms with Crippen LogP contribution in [0.2, 0.25) is 0 Å². The quantitative estimate of drug-likeness (QED) is 0.626. The zero-order chi connectivity index (χ0) is 13.4. The molecule has 0 aromatic carbocycles. The van der Waals surface area contributed by atoms with Crippen molar-refractivity contribution < 1.29 is 19.1 Å². The van der Waals surface area contributed by atoms with E-state index >= 15 is 0 Å². The fraction of sp³-hybridized carbons (Fsp3) is 0.733. The molecule has 0 N–H and O–H groups in total. The van der Waals surface area contributed by atoms with E-state index in [0.29, 0.717) is 11.5 Å². The van der Waals surface area contributed by atoms with E-state index in [2.05, 4.69) is 6.92 Å². The maximum absolute atomic E-state index is 12.2. The third-order valence-corrected chi connectivity index (χ3v) is 5.88. The summed E-state index contributed by atoms with van der Waals surface area (Å²) < 4.78 is 11.1. The number of fused-ring (bicyclic) bond motifs is 2. The van der Waals surface area contributed by atoms with Crippen molar-refractivity contribution in [1.29, 1.82) is 0 Å². The second kappa shape index (κ2) is 3.41. The first-order valence-electron chi connectivity index (χ1n) is 7.15. The van der Waals surface area contributed by atoms with Crippen LogP contribution in [0.4, 0.5) is 0 Å². The van der Waals surface area contributed by atoms with Gasteiger partial charge in [0.15, 0.2) is 0 Å². The monoisotopic (exact) mass is 262 g/mol. The third kappa shape index (κ3) is 1.20. The standard InChI is InChI=1S/C15H18O4/c1-7-11-10(18-13(7)16)6-8-4-3-5-9-14(17)19-12(11)15(8,9)2/h8-10,12H,3-6H2,1-2H3. The molecule has 2 saturated carbocycles. The van der Waals surface area contributed by atoms with Crippen LogP contribution in [0, 0.1) is 17.3 Å². The minimum atomic E-state index is -0.236. The van der Waals surface area contributed by atoms with Crippen LogP contribution in [0.3, 0.4) is 0 Å². The molecule has 5 unspecified atom stereocenters. The van der Waals surface area contributed by atoms with E-state index in [1.54, 1.807) is 6.92 Å². The van der Waals surface area contributed by atoms with Crippen LogP contribution in [-0.4, -0.2) is 24.1 Å². The fourth-order valence-corrected chi connectivity index (χ4v) is 4.78. The van der Waals surface area contributed by atoms with Crippen molar-refractivity contribution >= 4 is 11.9 Å². The largest absolute Gasteiger partial charge is 0.457 e. The molecule has 0 radical (unpaired) electrons. The smallest absolute Gasteiger partial charge is 0.334 e. The predicted octanol–water partition coefficient (Wildman–Crippen LogP) is 1.98. The number of carbonyl (C=O) groups is 2. The van der Waals surface area contributed by atoms with Gasteiger partial charge < -0.3 is 9.47 Å². The Morgan fingerprint density at radius 1 is 1.21 bits per heavy atom. The van der Waals surface area contributed by atoms with Gasteiger partial charge in [0.05, 0.1) is 5.92 Å². The zero-order valence-corrected chi connectivity index (χ0v) is 11.3. The predicted molar refractivity (Wildman–Crippen MR) is 66.0 cm³/mol. The lowest BCUT2D eigenvalue weighted by Crippen LogP contribution is -2.50. The molecule has 2 aliphatic heterocycles. The highest BCUT2D eigenvalue weighted by Gasteiger charge is 2.65. The SMILES string of the molecule is CC1=C2C(CC3CCCC4C(=O)OC2C34C)OC1=O. The van der Waals surface area contributed by atoms with E-state index in [0.717, 1.165) is 31.3 Å². The molecule has 0 spiro atoms. The zero-order valence-electron chi connectivity index (χ0n) is 11.3. The van der Waals surface area contributed by atoms with Gasteiger partial charge in [-0.15, -0.1) is 0 Å². The van der Waals surface area contributed by atoms with Crippen molar-refractivity contribution in [2.24, 2.45) is 17.3 Å². The van der Waals surface area contributed by atoms with Gasteiger partial charge in [0.1, 0.15) is 12.2 Å². The van der Waals surface area contributed by atoms with Gasteiger partial charge in [-0.3, -0.25) is 4.79 Å². The Morgan fingerprint density at radius 2 is 2.00 bits per heavy atom. The van der Waals surface area contributed by atoms with Crippen molar-refractivity contribution in [3.63, 3.8) is 0 Å². The number of rotatable bonds is 0. The van der Waals surface area contributed by atoms with E-state index in [4.69, 9.17) is 9.47 Å². The van der Waals surface area contributed by atoms with Crippen molar-refractivity contribution in [3.05, 3.63) is 11.1 Å². The lowest BCUT2D eigenvalue weighted by molar-refractivity contribution is -0.144. The van der Waals surface area contributed by atoms with E-state index < -0.39 is 0 Å². The highest BCUT2D eigenvalue weighted by Crippen LogP contribution is 2.61. The summed E-state index contributed by atoms with van der Waals surface area (Å²) in [5.41, 5.74) is 1.48. The molecule has 0 aromatic heterocycles.